The predicted molar refractivity (Wildman–Crippen MR) is 74.5 cm³/mol. The molecule has 5 nitrogen and oxygen atoms in total. The smallest absolute Gasteiger partial charge is 0.148 e. The number of hydrazine groups is 1. The minimum atomic E-state index is 0.727. The highest BCUT2D eigenvalue weighted by Crippen LogP contribution is 2.30. The molecule has 1 aliphatic heterocycles. The number of anilines is 2. The molecule has 0 aromatic carbocycles. The van der Waals surface area contributed by atoms with Gasteiger partial charge < -0.3 is 10.3 Å². The lowest BCUT2D eigenvalue weighted by Gasteiger charge is -2.22. The van der Waals surface area contributed by atoms with Crippen LogP contribution in [0.2, 0.25) is 0 Å². The van der Waals surface area contributed by atoms with Crippen LogP contribution in [0.1, 0.15) is 31.7 Å². The second-order valence-electron chi connectivity index (χ2n) is 5.45. The van der Waals surface area contributed by atoms with E-state index in [1.165, 1.54) is 6.42 Å². The molecule has 0 saturated carbocycles. The van der Waals surface area contributed by atoms with Crippen LogP contribution >= 0.6 is 0 Å². The summed E-state index contributed by atoms with van der Waals surface area (Å²) in [6.45, 7) is 10.7. The lowest BCUT2D eigenvalue weighted by atomic mass is 9.95. The van der Waals surface area contributed by atoms with Crippen LogP contribution in [0.15, 0.2) is 0 Å². The lowest BCUT2D eigenvalue weighted by Crippen LogP contribution is -2.24. The molecule has 1 fully saturated rings. The molecule has 3 N–H and O–H groups in total. The largest absolute Gasteiger partial charge is 0.356 e. The summed E-state index contributed by atoms with van der Waals surface area (Å²) in [6, 6.07) is 0. The zero-order valence-corrected chi connectivity index (χ0v) is 11.7. The normalized spacial score (nSPS) is 19.7. The highest BCUT2D eigenvalue weighted by Gasteiger charge is 2.27. The van der Waals surface area contributed by atoms with Gasteiger partial charge in [0.25, 0.3) is 0 Å². The van der Waals surface area contributed by atoms with Gasteiger partial charge in [-0.2, -0.15) is 0 Å². The zero-order valence-electron chi connectivity index (χ0n) is 11.7. The fourth-order valence-electron chi connectivity index (χ4n) is 2.59. The van der Waals surface area contributed by atoms with Gasteiger partial charge in [0.15, 0.2) is 0 Å². The lowest BCUT2D eigenvalue weighted by molar-refractivity contribution is 0.422. The Labute approximate surface area is 109 Å². The van der Waals surface area contributed by atoms with Crippen molar-refractivity contribution in [3.8, 4) is 0 Å². The van der Waals surface area contributed by atoms with Crippen LogP contribution in [-0.2, 0) is 0 Å². The fraction of sp³-hybridized carbons (Fsp3) is 0.692. The van der Waals surface area contributed by atoms with Crippen molar-refractivity contribution >= 4 is 11.6 Å². The Morgan fingerprint density at radius 1 is 1.33 bits per heavy atom. The van der Waals surface area contributed by atoms with Gasteiger partial charge in [-0.15, -0.1) is 0 Å². The van der Waals surface area contributed by atoms with Gasteiger partial charge in [0.2, 0.25) is 0 Å². The van der Waals surface area contributed by atoms with Crippen molar-refractivity contribution in [1.82, 2.24) is 9.97 Å². The Morgan fingerprint density at radius 3 is 2.61 bits per heavy atom. The predicted octanol–water partition coefficient (Wildman–Crippen LogP) is 1.86. The molecule has 5 heteroatoms. The van der Waals surface area contributed by atoms with E-state index in [2.05, 4.69) is 34.1 Å². The number of nitrogen functional groups attached to an aromatic ring is 1. The summed E-state index contributed by atoms with van der Waals surface area (Å²) in [5, 5.41) is 0. The average molecular weight is 249 g/mol. The number of rotatable bonds is 3. The number of nitrogens with two attached hydrogens (primary N) is 1. The van der Waals surface area contributed by atoms with Gasteiger partial charge in [0.1, 0.15) is 17.5 Å². The molecule has 100 valence electrons. The van der Waals surface area contributed by atoms with E-state index in [-0.39, 0.29) is 0 Å². The van der Waals surface area contributed by atoms with E-state index in [9.17, 15) is 0 Å². The Kier molecular flexibility index (Phi) is 3.71. The van der Waals surface area contributed by atoms with Gasteiger partial charge in [0, 0.05) is 18.7 Å². The molecule has 1 atom stereocenters. The summed E-state index contributed by atoms with van der Waals surface area (Å²) in [4.78, 5) is 11.2. The first-order chi connectivity index (χ1) is 8.52. The van der Waals surface area contributed by atoms with Crippen molar-refractivity contribution in [1.29, 1.82) is 0 Å². The first-order valence-electron chi connectivity index (χ1n) is 6.59. The summed E-state index contributed by atoms with van der Waals surface area (Å²) >= 11 is 0. The van der Waals surface area contributed by atoms with E-state index in [1.807, 2.05) is 13.8 Å². The third-order valence-electron chi connectivity index (χ3n) is 3.84. The zero-order chi connectivity index (χ0) is 13.3. The van der Waals surface area contributed by atoms with Crippen molar-refractivity contribution in [2.45, 2.75) is 34.1 Å². The minimum absolute atomic E-state index is 0.727. The molecular formula is C13H23N5. The van der Waals surface area contributed by atoms with Gasteiger partial charge in [0.05, 0.1) is 0 Å². The van der Waals surface area contributed by atoms with E-state index in [0.717, 1.165) is 47.9 Å². The maximum absolute atomic E-state index is 5.50. The van der Waals surface area contributed by atoms with Gasteiger partial charge in [-0.3, -0.25) is 0 Å². The van der Waals surface area contributed by atoms with E-state index < -0.39 is 0 Å². The number of aryl methyl sites for hydroxylation is 1. The molecule has 2 heterocycles. The first kappa shape index (κ1) is 13.1. The van der Waals surface area contributed by atoms with Crippen LogP contribution in [0.4, 0.5) is 11.6 Å². The van der Waals surface area contributed by atoms with Crippen LogP contribution in [0.5, 0.6) is 0 Å². The van der Waals surface area contributed by atoms with E-state index >= 15 is 0 Å². The molecule has 1 aromatic rings. The van der Waals surface area contributed by atoms with Crippen LogP contribution < -0.4 is 16.2 Å². The monoisotopic (exact) mass is 249 g/mol. The summed E-state index contributed by atoms with van der Waals surface area (Å²) in [6.07, 6.45) is 1.24. The second-order valence-corrected chi connectivity index (χ2v) is 5.45. The molecule has 1 unspecified atom stereocenters. The highest BCUT2D eigenvalue weighted by molar-refractivity contribution is 5.58. The van der Waals surface area contributed by atoms with E-state index in [1.54, 1.807) is 0 Å². The first-order valence-corrected chi connectivity index (χ1v) is 6.59. The van der Waals surface area contributed by atoms with Gasteiger partial charge in [-0.05, 0) is 32.1 Å². The minimum Gasteiger partial charge on any atom is -0.356 e. The molecule has 1 aliphatic rings. The molecule has 1 aromatic heterocycles. The Morgan fingerprint density at radius 2 is 2.06 bits per heavy atom. The van der Waals surface area contributed by atoms with Crippen LogP contribution in [0.25, 0.3) is 0 Å². The second kappa shape index (κ2) is 5.10. The van der Waals surface area contributed by atoms with Gasteiger partial charge in [-0.1, -0.05) is 13.8 Å². The van der Waals surface area contributed by atoms with E-state index in [4.69, 9.17) is 5.84 Å². The Balaban J connectivity index is 2.26. The van der Waals surface area contributed by atoms with Crippen LogP contribution in [0, 0.1) is 25.7 Å². The van der Waals surface area contributed by atoms with Gasteiger partial charge >= 0.3 is 0 Å². The topological polar surface area (TPSA) is 67.1 Å². The molecule has 1 saturated heterocycles. The Hall–Kier alpha value is -1.36. The fourth-order valence-corrected chi connectivity index (χ4v) is 2.59. The van der Waals surface area contributed by atoms with E-state index in [0.29, 0.717) is 0 Å². The van der Waals surface area contributed by atoms with Crippen molar-refractivity contribution < 1.29 is 0 Å². The average Bonchev–Trinajstić information content (AvgIpc) is 2.81. The number of aromatic nitrogens is 2. The number of hydrogen-bond acceptors (Lipinski definition) is 5. The molecule has 0 aliphatic carbocycles. The molecule has 0 amide bonds. The quantitative estimate of drug-likeness (QED) is 0.632. The number of nitrogens with one attached hydrogen (secondary N) is 1. The van der Waals surface area contributed by atoms with Crippen LogP contribution in [-0.4, -0.2) is 23.1 Å². The maximum Gasteiger partial charge on any atom is 0.148 e. The number of hydrogen-bond donors (Lipinski definition) is 2. The molecule has 18 heavy (non-hydrogen) atoms. The summed E-state index contributed by atoms with van der Waals surface area (Å²) in [5.41, 5.74) is 3.69. The SMILES string of the molecule is Cc1nc(NN)c(C)c(N2CCC(C(C)C)C2)n1. The molecule has 0 bridgehead atoms. The molecule has 0 radical (unpaired) electrons. The van der Waals surface area contributed by atoms with Crippen molar-refractivity contribution in [3.63, 3.8) is 0 Å². The van der Waals surface area contributed by atoms with Crippen molar-refractivity contribution in [2.24, 2.45) is 17.7 Å². The maximum atomic E-state index is 5.50. The standard InChI is InChI=1S/C13H23N5/c1-8(2)11-5-6-18(7-11)13-9(3)12(17-14)15-10(4)16-13/h8,11H,5-7,14H2,1-4H3,(H,15,16,17). The summed E-state index contributed by atoms with van der Waals surface area (Å²) in [7, 11) is 0. The highest BCUT2D eigenvalue weighted by atomic mass is 15.3. The van der Waals surface area contributed by atoms with Crippen molar-refractivity contribution in [3.05, 3.63) is 11.4 Å². The van der Waals surface area contributed by atoms with Crippen molar-refractivity contribution in [2.75, 3.05) is 23.4 Å². The summed E-state index contributed by atoms with van der Waals surface area (Å²) in [5.74, 6) is 9.50. The Bertz CT molecular complexity index is 430. The third-order valence-corrected chi connectivity index (χ3v) is 3.84. The molecular weight excluding hydrogens is 226 g/mol. The third kappa shape index (κ3) is 2.41. The summed E-state index contributed by atoms with van der Waals surface area (Å²) < 4.78 is 0. The molecule has 2 rings (SSSR count). The number of nitrogens with zero attached hydrogens (tertiary/aromatic N) is 3. The van der Waals surface area contributed by atoms with Gasteiger partial charge in [-0.25, -0.2) is 15.8 Å². The van der Waals surface area contributed by atoms with Crippen LogP contribution in [0.3, 0.4) is 0 Å². The molecule has 0 spiro atoms.